The summed E-state index contributed by atoms with van der Waals surface area (Å²) >= 11 is 0. The molecule has 2 heteroatoms. The largest absolute Gasteiger partial charge is 0.324 e. The zero-order valence-corrected chi connectivity index (χ0v) is 11.8. The third kappa shape index (κ3) is 2.62. The summed E-state index contributed by atoms with van der Waals surface area (Å²) in [6.07, 6.45) is 4.58. The number of benzene rings is 2. The minimum Gasteiger partial charge on any atom is -0.324 e. The van der Waals surface area contributed by atoms with Gasteiger partial charge in [0.1, 0.15) is 0 Å². The molecule has 0 saturated heterocycles. The maximum Gasteiger partial charge on any atom is 0.0300 e. The third-order valence-corrected chi connectivity index (χ3v) is 4.36. The molecule has 0 fully saturated rings. The lowest BCUT2D eigenvalue weighted by Crippen LogP contribution is -2.04. The van der Waals surface area contributed by atoms with E-state index in [-0.39, 0.29) is 0 Å². The fraction of sp³-hybridized carbons (Fsp3) is 0.333. The van der Waals surface area contributed by atoms with Gasteiger partial charge in [-0.05, 0) is 47.9 Å². The SMILES string of the molecule is NC1CCc2ccccc21.NC1CCc2ccccc21. The van der Waals surface area contributed by atoms with Crippen LogP contribution in [0.5, 0.6) is 0 Å². The Bertz CT molecular complexity index is 538. The molecule has 0 aliphatic heterocycles. The van der Waals surface area contributed by atoms with E-state index in [1.165, 1.54) is 22.3 Å². The second kappa shape index (κ2) is 5.78. The first kappa shape index (κ1) is 13.3. The van der Waals surface area contributed by atoms with Crippen molar-refractivity contribution < 1.29 is 0 Å². The van der Waals surface area contributed by atoms with E-state index in [0.29, 0.717) is 12.1 Å². The van der Waals surface area contributed by atoms with Gasteiger partial charge in [0.15, 0.2) is 0 Å². The van der Waals surface area contributed by atoms with E-state index in [0.717, 1.165) is 25.7 Å². The van der Waals surface area contributed by atoms with Crippen LogP contribution in [0.15, 0.2) is 48.5 Å². The maximum atomic E-state index is 5.85. The van der Waals surface area contributed by atoms with E-state index < -0.39 is 0 Å². The van der Waals surface area contributed by atoms with Crippen LogP contribution in [0.4, 0.5) is 0 Å². The molecule has 0 radical (unpaired) electrons. The van der Waals surface area contributed by atoms with Crippen LogP contribution in [0, 0.1) is 0 Å². The molecule has 0 spiro atoms. The van der Waals surface area contributed by atoms with Crippen molar-refractivity contribution in [2.45, 2.75) is 37.8 Å². The molecule has 0 saturated carbocycles. The van der Waals surface area contributed by atoms with Crippen molar-refractivity contribution in [2.75, 3.05) is 0 Å². The summed E-state index contributed by atoms with van der Waals surface area (Å²) in [5.41, 5.74) is 17.3. The zero-order chi connectivity index (χ0) is 13.9. The van der Waals surface area contributed by atoms with Crippen LogP contribution in [0.3, 0.4) is 0 Å². The van der Waals surface area contributed by atoms with E-state index >= 15 is 0 Å². The predicted molar refractivity (Wildman–Crippen MR) is 83.4 cm³/mol. The lowest BCUT2D eigenvalue weighted by Gasteiger charge is -2.01. The van der Waals surface area contributed by atoms with Crippen molar-refractivity contribution in [2.24, 2.45) is 11.5 Å². The Morgan fingerprint density at radius 3 is 1.45 bits per heavy atom. The molecule has 0 amide bonds. The van der Waals surface area contributed by atoms with Gasteiger partial charge in [0, 0.05) is 12.1 Å². The van der Waals surface area contributed by atoms with E-state index in [1.807, 2.05) is 0 Å². The van der Waals surface area contributed by atoms with E-state index in [2.05, 4.69) is 48.5 Å². The van der Waals surface area contributed by atoms with Gasteiger partial charge in [-0.15, -0.1) is 0 Å². The quantitative estimate of drug-likeness (QED) is 0.769. The molecule has 2 aromatic rings. The predicted octanol–water partition coefficient (Wildman–Crippen LogP) is 3.27. The monoisotopic (exact) mass is 266 g/mol. The molecule has 2 nitrogen and oxygen atoms in total. The van der Waals surface area contributed by atoms with Gasteiger partial charge in [0.2, 0.25) is 0 Å². The summed E-state index contributed by atoms with van der Waals surface area (Å²) in [6.45, 7) is 0. The van der Waals surface area contributed by atoms with Crippen LogP contribution in [-0.2, 0) is 12.8 Å². The van der Waals surface area contributed by atoms with Crippen LogP contribution in [0.1, 0.15) is 47.2 Å². The molecule has 2 aliphatic carbocycles. The van der Waals surface area contributed by atoms with Crippen molar-refractivity contribution >= 4 is 0 Å². The minimum atomic E-state index is 0.302. The summed E-state index contributed by atoms with van der Waals surface area (Å²) in [6, 6.07) is 17.5. The first-order valence-electron chi connectivity index (χ1n) is 7.42. The highest BCUT2D eigenvalue weighted by Gasteiger charge is 2.17. The molecule has 0 bridgehead atoms. The van der Waals surface area contributed by atoms with Crippen LogP contribution >= 0.6 is 0 Å². The van der Waals surface area contributed by atoms with Gasteiger partial charge in [-0.3, -0.25) is 0 Å². The Balaban J connectivity index is 0.000000121. The number of hydrogen-bond donors (Lipinski definition) is 2. The molecule has 0 aromatic heterocycles. The lowest BCUT2D eigenvalue weighted by molar-refractivity contribution is 0.713. The summed E-state index contributed by atoms with van der Waals surface area (Å²) < 4.78 is 0. The summed E-state index contributed by atoms with van der Waals surface area (Å²) in [5.74, 6) is 0. The van der Waals surface area contributed by atoms with E-state index in [4.69, 9.17) is 11.5 Å². The fourth-order valence-corrected chi connectivity index (χ4v) is 3.18. The fourth-order valence-electron chi connectivity index (χ4n) is 3.18. The summed E-state index contributed by atoms with van der Waals surface area (Å²) in [5, 5.41) is 0. The van der Waals surface area contributed by atoms with Gasteiger partial charge in [0.25, 0.3) is 0 Å². The summed E-state index contributed by atoms with van der Waals surface area (Å²) in [7, 11) is 0. The molecule has 2 unspecified atom stereocenters. The Hall–Kier alpha value is -1.64. The number of nitrogens with two attached hydrogens (primary N) is 2. The zero-order valence-electron chi connectivity index (χ0n) is 11.8. The molecule has 4 N–H and O–H groups in total. The Morgan fingerprint density at radius 1 is 0.650 bits per heavy atom. The van der Waals surface area contributed by atoms with Gasteiger partial charge in [-0.2, -0.15) is 0 Å². The molecule has 4 rings (SSSR count). The van der Waals surface area contributed by atoms with E-state index in [9.17, 15) is 0 Å². The second-order valence-corrected chi connectivity index (χ2v) is 5.69. The average molecular weight is 266 g/mol. The van der Waals surface area contributed by atoms with Gasteiger partial charge in [-0.25, -0.2) is 0 Å². The molecule has 2 atom stereocenters. The molecule has 20 heavy (non-hydrogen) atoms. The Morgan fingerprint density at radius 2 is 1.05 bits per heavy atom. The first-order valence-corrected chi connectivity index (χ1v) is 7.42. The number of aryl methyl sites for hydroxylation is 2. The second-order valence-electron chi connectivity index (χ2n) is 5.69. The highest BCUT2D eigenvalue weighted by Crippen LogP contribution is 2.28. The minimum absolute atomic E-state index is 0.302. The highest BCUT2D eigenvalue weighted by molar-refractivity contribution is 5.34. The number of fused-ring (bicyclic) bond motifs is 2. The summed E-state index contributed by atoms with van der Waals surface area (Å²) in [4.78, 5) is 0. The van der Waals surface area contributed by atoms with Crippen molar-refractivity contribution in [1.29, 1.82) is 0 Å². The first-order chi connectivity index (χ1) is 9.75. The third-order valence-electron chi connectivity index (χ3n) is 4.36. The molecular formula is C18H22N2. The molecule has 2 aromatic carbocycles. The topological polar surface area (TPSA) is 52.0 Å². The van der Waals surface area contributed by atoms with Crippen molar-refractivity contribution in [1.82, 2.24) is 0 Å². The van der Waals surface area contributed by atoms with Crippen molar-refractivity contribution in [3.8, 4) is 0 Å². The smallest absolute Gasteiger partial charge is 0.0300 e. The van der Waals surface area contributed by atoms with Crippen LogP contribution in [0.25, 0.3) is 0 Å². The van der Waals surface area contributed by atoms with Crippen molar-refractivity contribution in [3.63, 3.8) is 0 Å². The van der Waals surface area contributed by atoms with Gasteiger partial charge >= 0.3 is 0 Å². The standard InChI is InChI=1S/2C9H11N/c2*10-9-6-5-7-3-1-2-4-8(7)9/h2*1-4,9H,5-6,10H2. The van der Waals surface area contributed by atoms with E-state index in [1.54, 1.807) is 0 Å². The maximum absolute atomic E-state index is 5.85. The number of hydrogen-bond acceptors (Lipinski definition) is 2. The molecule has 0 heterocycles. The van der Waals surface area contributed by atoms with Gasteiger partial charge < -0.3 is 11.5 Å². The molecule has 2 aliphatic rings. The van der Waals surface area contributed by atoms with Gasteiger partial charge in [-0.1, -0.05) is 48.5 Å². The molecule has 104 valence electrons. The molecular weight excluding hydrogens is 244 g/mol. The van der Waals surface area contributed by atoms with Crippen LogP contribution in [-0.4, -0.2) is 0 Å². The van der Waals surface area contributed by atoms with Crippen molar-refractivity contribution in [3.05, 3.63) is 70.8 Å². The Kier molecular flexibility index (Phi) is 3.86. The number of rotatable bonds is 0. The van der Waals surface area contributed by atoms with Gasteiger partial charge in [0.05, 0.1) is 0 Å². The van der Waals surface area contributed by atoms with Crippen LogP contribution in [0.2, 0.25) is 0 Å². The highest BCUT2D eigenvalue weighted by atomic mass is 14.6. The normalized spacial score (nSPS) is 22.7. The Labute approximate surface area is 120 Å². The average Bonchev–Trinajstić information content (AvgIpc) is 3.05. The lowest BCUT2D eigenvalue weighted by atomic mass is 10.1. The van der Waals surface area contributed by atoms with Crippen LogP contribution < -0.4 is 11.5 Å².